The summed E-state index contributed by atoms with van der Waals surface area (Å²) in [4.78, 5) is 24.6. The second kappa shape index (κ2) is 6.20. The van der Waals surface area contributed by atoms with Crippen LogP contribution in [0.3, 0.4) is 0 Å². The van der Waals surface area contributed by atoms with E-state index in [1.807, 2.05) is 55.8 Å². The van der Waals surface area contributed by atoms with Crippen LogP contribution < -0.4 is 10.9 Å². The Balaban J connectivity index is 1.75. The van der Waals surface area contributed by atoms with Gasteiger partial charge in [-0.1, -0.05) is 24.3 Å². The number of aryl methyl sites for hydroxylation is 3. The summed E-state index contributed by atoms with van der Waals surface area (Å²) in [6.45, 7) is 3.93. The van der Waals surface area contributed by atoms with Crippen molar-refractivity contribution in [2.45, 2.75) is 13.8 Å². The maximum absolute atomic E-state index is 12.4. The minimum absolute atomic E-state index is 0.341. The van der Waals surface area contributed by atoms with Gasteiger partial charge in [-0.25, -0.2) is 0 Å². The van der Waals surface area contributed by atoms with Gasteiger partial charge in [0.15, 0.2) is 0 Å². The van der Waals surface area contributed by atoms with E-state index in [9.17, 15) is 9.59 Å². The summed E-state index contributed by atoms with van der Waals surface area (Å²) in [5.74, 6) is -0.685. The molecule has 0 unspecified atom stereocenters. The highest BCUT2D eigenvalue weighted by atomic mass is 16.2. The fourth-order valence-electron chi connectivity index (χ4n) is 2.66. The molecule has 0 aliphatic heterocycles. The first-order valence-corrected chi connectivity index (χ1v) is 7.69. The Bertz CT molecular complexity index is 941. The highest BCUT2D eigenvalue weighted by molar-refractivity contribution is 6.08. The van der Waals surface area contributed by atoms with Crippen molar-refractivity contribution >= 4 is 22.7 Å². The molecule has 122 valence electrons. The van der Waals surface area contributed by atoms with Gasteiger partial charge in [0.25, 0.3) is 11.8 Å². The van der Waals surface area contributed by atoms with Crippen molar-refractivity contribution in [2.75, 3.05) is 0 Å². The van der Waals surface area contributed by atoms with E-state index < -0.39 is 0 Å². The molecule has 5 heteroatoms. The fraction of sp³-hybridized carbons (Fsp3) is 0.158. The third kappa shape index (κ3) is 2.88. The highest BCUT2D eigenvalue weighted by Gasteiger charge is 2.14. The molecule has 2 aromatic carbocycles. The van der Waals surface area contributed by atoms with Crippen molar-refractivity contribution in [3.8, 4) is 0 Å². The molecule has 0 bridgehead atoms. The topological polar surface area (TPSA) is 63.1 Å². The Kier molecular flexibility index (Phi) is 4.08. The van der Waals surface area contributed by atoms with E-state index in [2.05, 4.69) is 10.9 Å². The average molecular weight is 321 g/mol. The van der Waals surface area contributed by atoms with Crippen LogP contribution in [0.25, 0.3) is 10.9 Å². The molecule has 0 spiro atoms. The lowest BCUT2D eigenvalue weighted by atomic mass is 10.1. The predicted octanol–water partition coefficient (Wildman–Crippen LogP) is 2.87. The van der Waals surface area contributed by atoms with Crippen LogP contribution >= 0.6 is 0 Å². The van der Waals surface area contributed by atoms with Gasteiger partial charge in [0.1, 0.15) is 0 Å². The monoisotopic (exact) mass is 321 g/mol. The Hall–Kier alpha value is -3.08. The molecule has 1 aromatic heterocycles. The third-order valence-corrected chi connectivity index (χ3v) is 4.20. The number of fused-ring (bicyclic) bond motifs is 1. The van der Waals surface area contributed by atoms with Gasteiger partial charge in [-0.3, -0.25) is 20.4 Å². The van der Waals surface area contributed by atoms with Crippen molar-refractivity contribution in [2.24, 2.45) is 7.05 Å². The summed E-state index contributed by atoms with van der Waals surface area (Å²) in [6, 6.07) is 13.1. The van der Waals surface area contributed by atoms with Crippen LogP contribution in [0.15, 0.2) is 48.7 Å². The van der Waals surface area contributed by atoms with Crippen molar-refractivity contribution in [3.63, 3.8) is 0 Å². The predicted molar refractivity (Wildman–Crippen MR) is 93.8 cm³/mol. The molecule has 24 heavy (non-hydrogen) atoms. The molecule has 0 saturated heterocycles. The third-order valence-electron chi connectivity index (χ3n) is 4.20. The number of carbonyl (C=O) groups excluding carboxylic acids is 2. The SMILES string of the molecule is Cc1ccc(C(=O)NNC(=O)c2cn(C)c3ccccc23)cc1C. The van der Waals surface area contributed by atoms with Crippen LogP contribution in [-0.2, 0) is 7.05 Å². The molecule has 1 heterocycles. The van der Waals surface area contributed by atoms with E-state index >= 15 is 0 Å². The van der Waals surface area contributed by atoms with Gasteiger partial charge in [-0.15, -0.1) is 0 Å². The molecule has 3 aromatic rings. The van der Waals surface area contributed by atoms with Crippen molar-refractivity contribution in [3.05, 3.63) is 70.9 Å². The van der Waals surface area contributed by atoms with Crippen molar-refractivity contribution < 1.29 is 9.59 Å². The molecular weight excluding hydrogens is 302 g/mol. The van der Waals surface area contributed by atoms with E-state index in [1.165, 1.54) is 0 Å². The molecule has 2 N–H and O–H groups in total. The average Bonchev–Trinajstić information content (AvgIpc) is 2.92. The lowest BCUT2D eigenvalue weighted by molar-refractivity contribution is 0.0847. The quantitative estimate of drug-likeness (QED) is 0.713. The summed E-state index contributed by atoms with van der Waals surface area (Å²) < 4.78 is 1.88. The first-order valence-electron chi connectivity index (χ1n) is 7.69. The largest absolute Gasteiger partial charge is 0.350 e. The first kappa shape index (κ1) is 15.8. The summed E-state index contributed by atoms with van der Waals surface area (Å²) in [5, 5.41) is 0.845. The Morgan fingerprint density at radius 1 is 0.917 bits per heavy atom. The molecule has 0 fully saturated rings. The number of amides is 2. The summed E-state index contributed by atoms with van der Waals surface area (Å²) in [6.07, 6.45) is 1.75. The lowest BCUT2D eigenvalue weighted by Gasteiger charge is -2.08. The zero-order valence-corrected chi connectivity index (χ0v) is 13.9. The molecule has 0 atom stereocenters. The second-order valence-corrected chi connectivity index (χ2v) is 5.88. The number of aromatic nitrogens is 1. The lowest BCUT2D eigenvalue weighted by Crippen LogP contribution is -2.41. The zero-order chi connectivity index (χ0) is 17.3. The Morgan fingerprint density at radius 3 is 2.38 bits per heavy atom. The number of carbonyl (C=O) groups is 2. The van der Waals surface area contributed by atoms with E-state index in [4.69, 9.17) is 0 Å². The number of rotatable bonds is 2. The van der Waals surface area contributed by atoms with Crippen LogP contribution in [0.5, 0.6) is 0 Å². The van der Waals surface area contributed by atoms with Gasteiger partial charge in [-0.05, 0) is 43.2 Å². The normalized spacial score (nSPS) is 10.6. The van der Waals surface area contributed by atoms with E-state index in [-0.39, 0.29) is 11.8 Å². The fourth-order valence-corrected chi connectivity index (χ4v) is 2.66. The smallest absolute Gasteiger partial charge is 0.271 e. The van der Waals surface area contributed by atoms with Gasteiger partial charge >= 0.3 is 0 Å². The van der Waals surface area contributed by atoms with Crippen molar-refractivity contribution in [1.82, 2.24) is 15.4 Å². The van der Waals surface area contributed by atoms with E-state index in [1.54, 1.807) is 18.3 Å². The summed E-state index contributed by atoms with van der Waals surface area (Å²) in [5.41, 5.74) is 9.10. The molecule has 3 rings (SSSR count). The maximum atomic E-state index is 12.4. The number of nitrogens with one attached hydrogen (secondary N) is 2. The van der Waals surface area contributed by atoms with Gasteiger partial charge in [0, 0.05) is 29.7 Å². The number of hydrogen-bond acceptors (Lipinski definition) is 2. The second-order valence-electron chi connectivity index (χ2n) is 5.88. The van der Waals surface area contributed by atoms with Crippen LogP contribution in [0, 0.1) is 13.8 Å². The molecule has 0 radical (unpaired) electrons. The minimum Gasteiger partial charge on any atom is -0.350 e. The highest BCUT2D eigenvalue weighted by Crippen LogP contribution is 2.19. The van der Waals surface area contributed by atoms with E-state index in [0.717, 1.165) is 22.0 Å². The number of hydrogen-bond donors (Lipinski definition) is 2. The number of hydrazine groups is 1. The number of benzene rings is 2. The van der Waals surface area contributed by atoms with E-state index in [0.29, 0.717) is 11.1 Å². The zero-order valence-electron chi connectivity index (χ0n) is 13.9. The molecular formula is C19H19N3O2. The van der Waals surface area contributed by atoms with Gasteiger partial charge in [-0.2, -0.15) is 0 Å². The molecule has 0 aliphatic rings. The molecule has 5 nitrogen and oxygen atoms in total. The van der Waals surface area contributed by atoms with Crippen LogP contribution in [0.4, 0.5) is 0 Å². The Morgan fingerprint density at radius 2 is 1.62 bits per heavy atom. The minimum atomic E-state index is -0.344. The Labute approximate surface area is 140 Å². The summed E-state index contributed by atoms with van der Waals surface area (Å²) in [7, 11) is 1.88. The molecule has 0 saturated carbocycles. The standard InChI is InChI=1S/C19H19N3O2/c1-12-8-9-14(10-13(12)2)18(23)20-21-19(24)16-11-22(3)17-7-5-4-6-15(16)17/h4-11H,1-3H3,(H,20,23)(H,21,24). The van der Waals surface area contributed by atoms with Gasteiger partial charge in [0.2, 0.25) is 0 Å². The van der Waals surface area contributed by atoms with Gasteiger partial charge in [0.05, 0.1) is 5.56 Å². The molecule has 2 amide bonds. The maximum Gasteiger partial charge on any atom is 0.271 e. The number of para-hydroxylation sites is 1. The summed E-state index contributed by atoms with van der Waals surface area (Å²) >= 11 is 0. The van der Waals surface area contributed by atoms with Crippen molar-refractivity contribution in [1.29, 1.82) is 0 Å². The number of nitrogens with zero attached hydrogens (tertiary/aromatic N) is 1. The van der Waals surface area contributed by atoms with Gasteiger partial charge < -0.3 is 4.57 Å². The molecule has 0 aliphatic carbocycles. The first-order chi connectivity index (χ1) is 11.5. The van der Waals surface area contributed by atoms with Crippen LogP contribution in [0.1, 0.15) is 31.8 Å². The van der Waals surface area contributed by atoms with Crippen LogP contribution in [-0.4, -0.2) is 16.4 Å². The van der Waals surface area contributed by atoms with Crippen LogP contribution in [0.2, 0.25) is 0 Å².